The van der Waals surface area contributed by atoms with Crippen LogP contribution in [0, 0.1) is 0 Å². The van der Waals surface area contributed by atoms with E-state index in [4.69, 9.17) is 14.5 Å². The third-order valence-corrected chi connectivity index (χ3v) is 5.30. The molecule has 0 aliphatic rings. The monoisotopic (exact) mass is 404 g/mol. The average molecular weight is 404 g/mol. The van der Waals surface area contributed by atoms with E-state index in [2.05, 4.69) is 0 Å². The van der Waals surface area contributed by atoms with Crippen LogP contribution in [0.3, 0.4) is 0 Å². The summed E-state index contributed by atoms with van der Waals surface area (Å²) in [5.74, 6) is 2.22. The van der Waals surface area contributed by atoms with Crippen LogP contribution in [0.2, 0.25) is 0 Å². The molecule has 0 saturated carbocycles. The summed E-state index contributed by atoms with van der Waals surface area (Å²) in [6, 6.07) is 24.5. The summed E-state index contributed by atoms with van der Waals surface area (Å²) in [5.41, 5.74) is 1.43. The number of rotatable bonds is 7. The number of methoxy groups -OCH3 is 1. The predicted octanol–water partition coefficient (Wildman–Crippen LogP) is 4.57. The molecule has 0 bridgehead atoms. The predicted molar refractivity (Wildman–Crippen MR) is 117 cm³/mol. The summed E-state index contributed by atoms with van der Waals surface area (Å²) in [6.07, 6.45) is 0. The standard InChI is InChI=1S/C23H20N2O3S/c1-27-18-11-13-19(14-12-18)28-15-16-29-23-24-21-10-6-5-9-20(21)22(26)25(23)17-7-3-2-4-8-17/h2-14H,15-16H2,1H3. The smallest absolute Gasteiger partial charge is 0.266 e. The number of para-hydroxylation sites is 2. The number of thioether (sulfide) groups is 1. The first-order valence-corrected chi connectivity index (χ1v) is 10.2. The Morgan fingerprint density at radius 3 is 2.34 bits per heavy atom. The minimum absolute atomic E-state index is 0.0691. The molecule has 5 nitrogen and oxygen atoms in total. The van der Waals surface area contributed by atoms with E-state index in [1.807, 2.05) is 78.9 Å². The Bertz CT molecular complexity index is 1160. The molecule has 4 aromatic rings. The van der Waals surface area contributed by atoms with Crippen LogP contribution in [0.25, 0.3) is 16.6 Å². The van der Waals surface area contributed by atoms with Gasteiger partial charge in [-0.25, -0.2) is 4.98 Å². The summed E-state index contributed by atoms with van der Waals surface area (Å²) < 4.78 is 12.6. The van der Waals surface area contributed by atoms with Gasteiger partial charge in [0.25, 0.3) is 5.56 Å². The molecule has 146 valence electrons. The summed E-state index contributed by atoms with van der Waals surface area (Å²) in [4.78, 5) is 17.9. The summed E-state index contributed by atoms with van der Waals surface area (Å²) in [5, 5.41) is 1.26. The lowest BCUT2D eigenvalue weighted by molar-refractivity contribution is 0.342. The highest BCUT2D eigenvalue weighted by Crippen LogP contribution is 2.22. The molecule has 6 heteroatoms. The van der Waals surface area contributed by atoms with Crippen molar-refractivity contribution in [2.75, 3.05) is 19.5 Å². The van der Waals surface area contributed by atoms with Crippen LogP contribution in [-0.4, -0.2) is 29.0 Å². The van der Waals surface area contributed by atoms with Crippen molar-refractivity contribution >= 4 is 22.7 Å². The molecule has 0 radical (unpaired) electrons. The topological polar surface area (TPSA) is 53.4 Å². The van der Waals surface area contributed by atoms with Gasteiger partial charge >= 0.3 is 0 Å². The third kappa shape index (κ3) is 4.27. The second-order valence-corrected chi connectivity index (χ2v) is 7.32. The van der Waals surface area contributed by atoms with Gasteiger partial charge in [0.15, 0.2) is 5.16 Å². The number of fused-ring (bicyclic) bond motifs is 1. The zero-order chi connectivity index (χ0) is 20.1. The molecule has 3 aromatic carbocycles. The molecule has 0 amide bonds. The van der Waals surface area contributed by atoms with Crippen molar-refractivity contribution in [3.63, 3.8) is 0 Å². The van der Waals surface area contributed by atoms with Crippen molar-refractivity contribution in [1.82, 2.24) is 9.55 Å². The number of aromatic nitrogens is 2. The van der Waals surface area contributed by atoms with Gasteiger partial charge in [-0.1, -0.05) is 42.1 Å². The van der Waals surface area contributed by atoms with Crippen molar-refractivity contribution in [2.24, 2.45) is 0 Å². The Balaban J connectivity index is 1.56. The Kier molecular flexibility index (Phi) is 5.81. The fraction of sp³-hybridized carbons (Fsp3) is 0.130. The average Bonchev–Trinajstić information content (AvgIpc) is 2.78. The Morgan fingerprint density at radius 2 is 1.59 bits per heavy atom. The van der Waals surface area contributed by atoms with Crippen LogP contribution in [0.1, 0.15) is 0 Å². The normalized spacial score (nSPS) is 10.8. The van der Waals surface area contributed by atoms with Crippen molar-refractivity contribution in [3.05, 3.63) is 89.2 Å². The maximum Gasteiger partial charge on any atom is 0.266 e. The van der Waals surface area contributed by atoms with Crippen molar-refractivity contribution in [2.45, 2.75) is 5.16 Å². The lowest BCUT2D eigenvalue weighted by atomic mass is 10.2. The van der Waals surface area contributed by atoms with E-state index in [0.29, 0.717) is 28.4 Å². The van der Waals surface area contributed by atoms with Gasteiger partial charge < -0.3 is 9.47 Å². The van der Waals surface area contributed by atoms with Gasteiger partial charge in [-0.2, -0.15) is 0 Å². The first-order chi connectivity index (χ1) is 14.3. The number of ether oxygens (including phenoxy) is 2. The van der Waals surface area contributed by atoms with Crippen molar-refractivity contribution in [1.29, 1.82) is 0 Å². The summed E-state index contributed by atoms with van der Waals surface area (Å²) >= 11 is 1.50. The zero-order valence-corrected chi connectivity index (χ0v) is 16.8. The Hall–Kier alpha value is -3.25. The molecule has 29 heavy (non-hydrogen) atoms. The van der Waals surface area contributed by atoms with Crippen LogP contribution in [-0.2, 0) is 0 Å². The van der Waals surface area contributed by atoms with E-state index in [-0.39, 0.29) is 5.56 Å². The Morgan fingerprint density at radius 1 is 0.897 bits per heavy atom. The van der Waals surface area contributed by atoms with Gasteiger partial charge in [0.2, 0.25) is 0 Å². The quantitative estimate of drug-likeness (QED) is 0.257. The molecule has 1 aromatic heterocycles. The van der Waals surface area contributed by atoms with Crippen LogP contribution in [0.15, 0.2) is 88.8 Å². The molecule has 0 aliphatic carbocycles. The van der Waals surface area contributed by atoms with Gasteiger partial charge in [0.05, 0.1) is 30.3 Å². The number of hydrogen-bond acceptors (Lipinski definition) is 5. The molecule has 0 atom stereocenters. The van der Waals surface area contributed by atoms with Crippen molar-refractivity contribution < 1.29 is 9.47 Å². The third-order valence-electron chi connectivity index (χ3n) is 4.40. The number of hydrogen-bond donors (Lipinski definition) is 0. The Labute approximate surface area is 172 Å². The number of benzene rings is 3. The zero-order valence-electron chi connectivity index (χ0n) is 15.9. The van der Waals surface area contributed by atoms with Gasteiger partial charge in [-0.3, -0.25) is 9.36 Å². The molecule has 0 unspecified atom stereocenters. The highest BCUT2D eigenvalue weighted by atomic mass is 32.2. The van der Waals surface area contributed by atoms with Crippen LogP contribution in [0.5, 0.6) is 11.5 Å². The second kappa shape index (κ2) is 8.84. The molecule has 4 rings (SSSR count). The number of nitrogens with zero attached hydrogens (tertiary/aromatic N) is 2. The van der Waals surface area contributed by atoms with Gasteiger partial charge in [-0.15, -0.1) is 0 Å². The maximum atomic E-state index is 13.1. The maximum absolute atomic E-state index is 13.1. The van der Waals surface area contributed by atoms with Crippen LogP contribution in [0.4, 0.5) is 0 Å². The van der Waals surface area contributed by atoms with E-state index in [1.54, 1.807) is 11.7 Å². The van der Waals surface area contributed by atoms with Crippen molar-refractivity contribution in [3.8, 4) is 17.2 Å². The van der Waals surface area contributed by atoms with Crippen LogP contribution < -0.4 is 15.0 Å². The fourth-order valence-electron chi connectivity index (χ4n) is 2.98. The van der Waals surface area contributed by atoms with Crippen LogP contribution >= 0.6 is 11.8 Å². The minimum atomic E-state index is -0.0691. The van der Waals surface area contributed by atoms with E-state index >= 15 is 0 Å². The molecular formula is C23H20N2O3S. The molecular weight excluding hydrogens is 384 g/mol. The SMILES string of the molecule is COc1ccc(OCCSc2nc3ccccc3c(=O)n2-c2ccccc2)cc1. The van der Waals surface area contributed by atoms with Gasteiger partial charge in [-0.05, 0) is 48.5 Å². The molecule has 0 N–H and O–H groups in total. The first kappa shape index (κ1) is 19.1. The molecule has 0 fully saturated rings. The van der Waals surface area contributed by atoms with E-state index in [9.17, 15) is 4.79 Å². The lowest BCUT2D eigenvalue weighted by Gasteiger charge is -2.13. The molecule has 0 spiro atoms. The second-order valence-electron chi connectivity index (χ2n) is 6.26. The summed E-state index contributed by atoms with van der Waals surface area (Å²) in [6.45, 7) is 0.495. The molecule has 1 heterocycles. The first-order valence-electron chi connectivity index (χ1n) is 9.23. The lowest BCUT2D eigenvalue weighted by Crippen LogP contribution is -2.22. The van der Waals surface area contributed by atoms with E-state index in [0.717, 1.165) is 17.2 Å². The highest BCUT2D eigenvalue weighted by molar-refractivity contribution is 7.99. The largest absolute Gasteiger partial charge is 0.497 e. The van der Waals surface area contributed by atoms with E-state index < -0.39 is 0 Å². The molecule has 0 aliphatic heterocycles. The van der Waals surface area contributed by atoms with E-state index in [1.165, 1.54) is 11.8 Å². The molecule has 0 saturated heterocycles. The fourth-order valence-corrected chi connectivity index (χ4v) is 3.81. The highest BCUT2D eigenvalue weighted by Gasteiger charge is 2.13. The minimum Gasteiger partial charge on any atom is -0.497 e. The summed E-state index contributed by atoms with van der Waals surface area (Å²) in [7, 11) is 1.63. The van der Waals surface area contributed by atoms with Gasteiger partial charge in [0, 0.05) is 5.75 Å². The van der Waals surface area contributed by atoms with Gasteiger partial charge in [0.1, 0.15) is 11.5 Å².